The quantitative estimate of drug-likeness (QED) is 0.440. The first-order valence-electron chi connectivity index (χ1n) is 10.4. The minimum Gasteiger partial charge on any atom is -0.550 e. The molecule has 7 heteroatoms. The molecule has 0 radical (unpaired) electrons. The van der Waals surface area contributed by atoms with E-state index in [1.807, 2.05) is 30.3 Å². The summed E-state index contributed by atoms with van der Waals surface area (Å²) in [6, 6.07) is 16.0. The van der Waals surface area contributed by atoms with Crippen molar-refractivity contribution in [3.8, 4) is 0 Å². The van der Waals surface area contributed by atoms with Crippen LogP contribution in [0.25, 0.3) is 0 Å². The third-order valence-corrected chi connectivity index (χ3v) is 5.39. The highest BCUT2D eigenvalue weighted by Crippen LogP contribution is 2.23. The summed E-state index contributed by atoms with van der Waals surface area (Å²) in [6.45, 7) is 0.557. The van der Waals surface area contributed by atoms with Gasteiger partial charge in [-0.25, -0.2) is 0 Å². The van der Waals surface area contributed by atoms with Crippen LogP contribution in [0.15, 0.2) is 54.6 Å². The number of imide groups is 1. The molecule has 31 heavy (non-hydrogen) atoms. The van der Waals surface area contributed by atoms with E-state index in [-0.39, 0.29) is 36.6 Å². The van der Waals surface area contributed by atoms with Crippen molar-refractivity contribution in [3.63, 3.8) is 0 Å². The van der Waals surface area contributed by atoms with Crippen molar-refractivity contribution in [1.82, 2.24) is 10.2 Å². The number of benzene rings is 2. The van der Waals surface area contributed by atoms with Gasteiger partial charge < -0.3 is 15.2 Å². The van der Waals surface area contributed by atoms with Gasteiger partial charge in [0.25, 0.3) is 11.8 Å². The lowest BCUT2D eigenvalue weighted by molar-refractivity contribution is -0.306. The number of aliphatic carboxylic acids is 1. The van der Waals surface area contributed by atoms with Gasteiger partial charge in [0.1, 0.15) is 0 Å². The minimum atomic E-state index is -1.16. The summed E-state index contributed by atoms with van der Waals surface area (Å²) in [6.07, 6.45) is 2.07. The summed E-state index contributed by atoms with van der Waals surface area (Å²) >= 11 is 0. The van der Waals surface area contributed by atoms with Crippen LogP contribution in [-0.2, 0) is 9.59 Å². The fourth-order valence-electron chi connectivity index (χ4n) is 3.73. The SMILES string of the molecule is O=C([O-])C[C@H](CNC(=O)CCCCCN1C(=O)c2ccccc2C1=O)c1ccccc1. The predicted octanol–water partition coefficient (Wildman–Crippen LogP) is 1.88. The second-order valence-corrected chi connectivity index (χ2v) is 7.61. The number of unbranched alkanes of at least 4 members (excludes halogenated alkanes) is 2. The summed E-state index contributed by atoms with van der Waals surface area (Å²) in [5.41, 5.74) is 1.72. The molecule has 0 saturated heterocycles. The van der Waals surface area contributed by atoms with Crippen molar-refractivity contribution in [1.29, 1.82) is 0 Å². The fraction of sp³-hybridized carbons (Fsp3) is 0.333. The highest BCUT2D eigenvalue weighted by Gasteiger charge is 2.34. The van der Waals surface area contributed by atoms with E-state index in [1.165, 1.54) is 4.90 Å². The lowest BCUT2D eigenvalue weighted by atomic mass is 9.95. The van der Waals surface area contributed by atoms with Crippen molar-refractivity contribution in [2.75, 3.05) is 13.1 Å². The van der Waals surface area contributed by atoms with Gasteiger partial charge in [0.2, 0.25) is 5.91 Å². The molecule has 3 rings (SSSR count). The van der Waals surface area contributed by atoms with E-state index in [0.29, 0.717) is 43.4 Å². The number of rotatable bonds is 11. The monoisotopic (exact) mass is 421 g/mol. The van der Waals surface area contributed by atoms with Crippen molar-refractivity contribution in [3.05, 3.63) is 71.3 Å². The van der Waals surface area contributed by atoms with E-state index in [9.17, 15) is 24.3 Å². The molecule has 7 nitrogen and oxygen atoms in total. The Labute approximate surface area is 181 Å². The summed E-state index contributed by atoms with van der Waals surface area (Å²) in [5.74, 6) is -2.18. The molecule has 1 N–H and O–H groups in total. The number of amides is 3. The van der Waals surface area contributed by atoms with Gasteiger partial charge in [-0.2, -0.15) is 0 Å². The van der Waals surface area contributed by atoms with Gasteiger partial charge in [-0.15, -0.1) is 0 Å². The highest BCUT2D eigenvalue weighted by molar-refractivity contribution is 6.21. The maximum atomic E-state index is 12.3. The number of carboxylic acids is 1. The Kier molecular flexibility index (Phi) is 7.54. The second kappa shape index (κ2) is 10.5. The van der Waals surface area contributed by atoms with Crippen molar-refractivity contribution in [2.45, 2.75) is 38.0 Å². The van der Waals surface area contributed by atoms with Gasteiger partial charge in [-0.05, 0) is 37.0 Å². The van der Waals surface area contributed by atoms with E-state index >= 15 is 0 Å². The Morgan fingerprint density at radius 3 is 2.10 bits per heavy atom. The molecule has 0 aliphatic carbocycles. The Hall–Kier alpha value is -3.48. The molecule has 1 heterocycles. The topological polar surface area (TPSA) is 107 Å². The second-order valence-electron chi connectivity index (χ2n) is 7.61. The van der Waals surface area contributed by atoms with Crippen LogP contribution in [-0.4, -0.2) is 41.7 Å². The highest BCUT2D eigenvalue weighted by atomic mass is 16.4. The molecule has 2 aromatic rings. The zero-order chi connectivity index (χ0) is 22.2. The lowest BCUT2D eigenvalue weighted by Gasteiger charge is -2.18. The van der Waals surface area contributed by atoms with Gasteiger partial charge in [-0.1, -0.05) is 48.9 Å². The van der Waals surface area contributed by atoms with Crippen LogP contribution >= 0.6 is 0 Å². The molecule has 0 fully saturated rings. The van der Waals surface area contributed by atoms with Crippen LogP contribution in [0.5, 0.6) is 0 Å². The largest absolute Gasteiger partial charge is 0.550 e. The van der Waals surface area contributed by atoms with Crippen molar-refractivity contribution >= 4 is 23.7 Å². The average Bonchev–Trinajstić information content (AvgIpc) is 3.01. The number of nitrogens with one attached hydrogen (secondary N) is 1. The van der Waals surface area contributed by atoms with Crippen LogP contribution in [0.4, 0.5) is 0 Å². The zero-order valence-corrected chi connectivity index (χ0v) is 17.2. The molecule has 1 aliphatic rings. The molecule has 0 unspecified atom stereocenters. The predicted molar refractivity (Wildman–Crippen MR) is 112 cm³/mol. The van der Waals surface area contributed by atoms with Crippen LogP contribution in [0.2, 0.25) is 0 Å². The Morgan fingerprint density at radius 1 is 0.871 bits per heavy atom. The molecule has 1 aliphatic heterocycles. The zero-order valence-electron chi connectivity index (χ0n) is 17.2. The normalized spacial score (nSPS) is 13.7. The number of nitrogens with zero attached hydrogens (tertiary/aromatic N) is 1. The summed E-state index contributed by atoms with van der Waals surface area (Å²) in [5, 5.41) is 13.8. The van der Waals surface area contributed by atoms with E-state index in [0.717, 1.165) is 5.56 Å². The number of carbonyl (C=O) groups is 4. The van der Waals surface area contributed by atoms with Gasteiger partial charge in [0.05, 0.1) is 11.1 Å². The first-order valence-corrected chi connectivity index (χ1v) is 10.4. The lowest BCUT2D eigenvalue weighted by Crippen LogP contribution is -2.32. The van der Waals surface area contributed by atoms with Gasteiger partial charge in [-0.3, -0.25) is 19.3 Å². The molecule has 0 spiro atoms. The van der Waals surface area contributed by atoms with Crippen molar-refractivity contribution in [2.24, 2.45) is 0 Å². The molecule has 0 bridgehead atoms. The molecule has 0 aromatic heterocycles. The average molecular weight is 421 g/mol. The number of hydrogen-bond acceptors (Lipinski definition) is 5. The molecular formula is C24H25N2O5-. The van der Waals surface area contributed by atoms with Gasteiger partial charge >= 0.3 is 0 Å². The smallest absolute Gasteiger partial charge is 0.261 e. The molecule has 162 valence electrons. The third-order valence-electron chi connectivity index (χ3n) is 5.39. The first kappa shape index (κ1) is 22.2. The Morgan fingerprint density at radius 2 is 1.48 bits per heavy atom. The van der Waals surface area contributed by atoms with Gasteiger partial charge in [0, 0.05) is 31.4 Å². The van der Waals surface area contributed by atoms with E-state index in [1.54, 1.807) is 24.3 Å². The van der Waals surface area contributed by atoms with Crippen LogP contribution in [0.1, 0.15) is 64.3 Å². The maximum Gasteiger partial charge on any atom is 0.261 e. The number of carbonyl (C=O) groups excluding carboxylic acids is 4. The number of fused-ring (bicyclic) bond motifs is 1. The summed E-state index contributed by atoms with van der Waals surface area (Å²) < 4.78 is 0. The van der Waals surface area contributed by atoms with Crippen LogP contribution < -0.4 is 10.4 Å². The molecule has 2 aromatic carbocycles. The van der Waals surface area contributed by atoms with E-state index in [2.05, 4.69) is 5.32 Å². The standard InChI is InChI=1S/C24H26N2O5/c27-21(25-16-18(15-22(28)29)17-9-3-1-4-10-17)13-5-2-8-14-26-23(30)19-11-6-7-12-20(19)24(26)31/h1,3-4,6-7,9-12,18H,2,5,8,13-16H2,(H,25,27)(H,28,29)/p-1/t18-/m1/s1. The Bertz CT molecular complexity index is 922. The van der Waals surface area contributed by atoms with Crippen LogP contribution in [0, 0.1) is 0 Å². The molecule has 0 saturated carbocycles. The van der Waals surface area contributed by atoms with E-state index < -0.39 is 5.97 Å². The minimum absolute atomic E-state index is 0.153. The molecule has 3 amide bonds. The molecular weight excluding hydrogens is 396 g/mol. The van der Waals surface area contributed by atoms with Gasteiger partial charge in [0.15, 0.2) is 0 Å². The summed E-state index contributed by atoms with van der Waals surface area (Å²) in [4.78, 5) is 49.1. The maximum absolute atomic E-state index is 12.3. The van der Waals surface area contributed by atoms with E-state index in [4.69, 9.17) is 0 Å². The third kappa shape index (κ3) is 5.78. The first-order chi connectivity index (χ1) is 15.0. The fourth-order valence-corrected chi connectivity index (χ4v) is 3.73. The molecule has 1 atom stereocenters. The van der Waals surface area contributed by atoms with Crippen LogP contribution in [0.3, 0.4) is 0 Å². The van der Waals surface area contributed by atoms with Crippen molar-refractivity contribution < 1.29 is 24.3 Å². The number of carboxylic acid groups (broad SMARTS) is 1. The summed E-state index contributed by atoms with van der Waals surface area (Å²) in [7, 11) is 0. The number of hydrogen-bond donors (Lipinski definition) is 1. The Balaban J connectivity index is 1.37.